The molecule has 4 rings (SSSR count). The second-order valence-corrected chi connectivity index (χ2v) is 9.84. The van der Waals surface area contributed by atoms with E-state index in [0.717, 1.165) is 11.1 Å². The van der Waals surface area contributed by atoms with Crippen molar-refractivity contribution in [3.05, 3.63) is 65.4 Å². The Hall–Kier alpha value is -4.74. The fourth-order valence-corrected chi connectivity index (χ4v) is 3.73. The summed E-state index contributed by atoms with van der Waals surface area (Å²) in [4.78, 5) is 45.2. The number of imidazole rings is 1. The number of hydrogen-bond donors (Lipinski definition) is 2. The third kappa shape index (κ3) is 6.98. The van der Waals surface area contributed by atoms with Gasteiger partial charge >= 0.3 is 12.1 Å². The van der Waals surface area contributed by atoms with Crippen molar-refractivity contribution >= 4 is 29.3 Å². The molecule has 0 saturated heterocycles. The minimum Gasteiger partial charge on any atom is -0.460 e. The van der Waals surface area contributed by atoms with Crippen molar-refractivity contribution in [2.75, 3.05) is 12.4 Å². The Balaban J connectivity index is 1.48. The van der Waals surface area contributed by atoms with Crippen LogP contribution in [0.5, 0.6) is 0 Å². The summed E-state index contributed by atoms with van der Waals surface area (Å²) in [6.45, 7) is 7.37. The van der Waals surface area contributed by atoms with E-state index in [2.05, 4.69) is 30.5 Å². The molecule has 3 heterocycles. The van der Waals surface area contributed by atoms with E-state index in [1.165, 1.54) is 13.3 Å². The van der Waals surface area contributed by atoms with Gasteiger partial charge in [-0.3, -0.25) is 14.0 Å². The van der Waals surface area contributed by atoms with Crippen molar-refractivity contribution in [1.82, 2.24) is 24.8 Å². The maximum atomic E-state index is 13.3. The molecule has 0 spiro atoms. The minimum atomic E-state index is -0.613. The number of pyridine rings is 1. The number of rotatable bonds is 8. The third-order valence-corrected chi connectivity index (χ3v) is 5.62. The van der Waals surface area contributed by atoms with Crippen LogP contribution in [0.2, 0.25) is 0 Å². The van der Waals surface area contributed by atoms with Crippen LogP contribution in [0.1, 0.15) is 54.7 Å². The van der Waals surface area contributed by atoms with E-state index in [1.54, 1.807) is 28.8 Å². The van der Waals surface area contributed by atoms with Crippen molar-refractivity contribution in [1.29, 1.82) is 0 Å². The molecule has 39 heavy (non-hydrogen) atoms. The maximum absolute atomic E-state index is 13.3. The van der Waals surface area contributed by atoms with Gasteiger partial charge in [-0.15, -0.1) is 0 Å². The molecule has 0 aliphatic rings. The van der Waals surface area contributed by atoms with Crippen LogP contribution in [0, 0.1) is 6.92 Å². The van der Waals surface area contributed by atoms with Crippen LogP contribution in [-0.4, -0.2) is 50.2 Å². The Morgan fingerprint density at radius 1 is 1.13 bits per heavy atom. The number of carbonyl (C=O) groups excluding carboxylic acids is 3. The van der Waals surface area contributed by atoms with Gasteiger partial charge in [-0.25, -0.2) is 9.78 Å². The van der Waals surface area contributed by atoms with Crippen LogP contribution >= 0.6 is 0 Å². The summed E-state index contributed by atoms with van der Waals surface area (Å²) >= 11 is 0. The molecule has 0 fully saturated rings. The molecule has 2 N–H and O–H groups in total. The summed E-state index contributed by atoms with van der Waals surface area (Å²) in [6, 6.07) is 9.05. The van der Waals surface area contributed by atoms with E-state index in [1.807, 2.05) is 39.8 Å². The number of nitrogens with one attached hydrogen (secondary N) is 2. The van der Waals surface area contributed by atoms with Gasteiger partial charge in [0.15, 0.2) is 0 Å². The fraction of sp³-hybridized carbons (Fsp3) is 0.333. The Kier molecular flexibility index (Phi) is 7.93. The third-order valence-electron chi connectivity index (χ3n) is 5.62. The van der Waals surface area contributed by atoms with Crippen molar-refractivity contribution in [3.63, 3.8) is 0 Å². The summed E-state index contributed by atoms with van der Waals surface area (Å²) in [7, 11) is 1.26. The molecule has 0 atom stereocenters. The summed E-state index contributed by atoms with van der Waals surface area (Å²) < 4.78 is 16.8. The largest absolute Gasteiger partial charge is 0.460 e. The van der Waals surface area contributed by atoms with Gasteiger partial charge < -0.3 is 24.6 Å². The molecule has 4 aromatic rings. The molecular weight excluding hydrogens is 504 g/mol. The number of alkyl carbamates (subject to hydrolysis) is 1. The topological polar surface area (TPSA) is 150 Å². The molecule has 0 aliphatic carbocycles. The van der Waals surface area contributed by atoms with Gasteiger partial charge in [0, 0.05) is 23.9 Å². The lowest BCUT2D eigenvalue weighted by atomic mass is 10.1. The number of aromatic nitrogens is 4. The van der Waals surface area contributed by atoms with E-state index in [-0.39, 0.29) is 30.7 Å². The molecule has 12 nitrogen and oxygen atoms in total. The van der Waals surface area contributed by atoms with Gasteiger partial charge in [-0.1, -0.05) is 23.4 Å². The number of ether oxygens (including phenoxy) is 2. The smallest absolute Gasteiger partial charge is 0.407 e. The van der Waals surface area contributed by atoms with Crippen molar-refractivity contribution in [2.24, 2.45) is 0 Å². The van der Waals surface area contributed by atoms with E-state index in [4.69, 9.17) is 9.26 Å². The van der Waals surface area contributed by atoms with Crippen molar-refractivity contribution in [2.45, 2.75) is 52.7 Å². The molecule has 0 aliphatic heterocycles. The lowest BCUT2D eigenvalue weighted by molar-refractivity contribution is -0.154. The molecule has 0 saturated carbocycles. The van der Waals surface area contributed by atoms with Crippen LogP contribution in [0.3, 0.4) is 0 Å². The summed E-state index contributed by atoms with van der Waals surface area (Å²) in [5, 5.41) is 9.35. The number of amides is 2. The second kappa shape index (κ2) is 11.3. The van der Waals surface area contributed by atoms with E-state index < -0.39 is 11.7 Å². The monoisotopic (exact) mass is 534 g/mol. The highest BCUT2D eigenvalue weighted by atomic mass is 16.6. The van der Waals surface area contributed by atoms with Gasteiger partial charge in [0.05, 0.1) is 13.3 Å². The molecule has 3 aromatic heterocycles. The first-order valence-corrected chi connectivity index (χ1v) is 12.3. The highest BCUT2D eigenvalue weighted by Crippen LogP contribution is 2.24. The Morgan fingerprint density at radius 3 is 2.67 bits per heavy atom. The number of benzene rings is 1. The molecular formula is C27H30N6O6. The quantitative estimate of drug-likeness (QED) is 0.319. The lowest BCUT2D eigenvalue weighted by Crippen LogP contribution is -2.24. The molecule has 1 aromatic carbocycles. The number of methoxy groups -OCH3 is 1. The average molecular weight is 535 g/mol. The van der Waals surface area contributed by atoms with Gasteiger partial charge in [-0.05, 0) is 57.4 Å². The molecule has 204 valence electrons. The standard InChI is InChI=1S/C27H30N6O6/c1-16-6-9-18(24-31-22(39-32-24)14-29-26(36)37-5)12-19(16)30-25(35)20-13-28-21-10-7-17(15-33(20)21)8-11-23(34)38-27(2,3)4/h6-7,9-10,12-13,15H,8,11,14H2,1-5H3,(H,29,36)(H,30,35). The van der Waals surface area contributed by atoms with Gasteiger partial charge in [0.25, 0.3) is 5.91 Å². The predicted octanol–water partition coefficient (Wildman–Crippen LogP) is 4.08. The van der Waals surface area contributed by atoms with Gasteiger partial charge in [0.1, 0.15) is 23.5 Å². The van der Waals surface area contributed by atoms with E-state index >= 15 is 0 Å². The minimum absolute atomic E-state index is 0.0170. The molecule has 0 unspecified atom stereocenters. The van der Waals surface area contributed by atoms with Crippen LogP contribution in [0.15, 0.2) is 47.2 Å². The molecule has 0 bridgehead atoms. The highest BCUT2D eigenvalue weighted by molar-refractivity contribution is 6.04. The average Bonchev–Trinajstić information content (AvgIpc) is 3.53. The number of hydrogen-bond acceptors (Lipinski definition) is 9. The zero-order valence-corrected chi connectivity index (χ0v) is 22.4. The zero-order chi connectivity index (χ0) is 28.2. The number of nitrogens with zero attached hydrogens (tertiary/aromatic N) is 4. The van der Waals surface area contributed by atoms with Crippen LogP contribution in [0.4, 0.5) is 10.5 Å². The Morgan fingerprint density at radius 2 is 1.92 bits per heavy atom. The summed E-state index contributed by atoms with van der Waals surface area (Å²) in [6.07, 6.45) is 3.38. The summed E-state index contributed by atoms with van der Waals surface area (Å²) in [5.74, 6) is -0.135. The fourth-order valence-electron chi connectivity index (χ4n) is 3.73. The molecule has 12 heteroatoms. The number of fused-ring (bicyclic) bond motifs is 1. The lowest BCUT2D eigenvalue weighted by Gasteiger charge is -2.19. The maximum Gasteiger partial charge on any atom is 0.407 e. The van der Waals surface area contributed by atoms with Gasteiger partial charge in [-0.2, -0.15) is 4.98 Å². The Bertz CT molecular complexity index is 1520. The van der Waals surface area contributed by atoms with Gasteiger partial charge in [0.2, 0.25) is 11.7 Å². The Labute approximate surface area is 224 Å². The number of carbonyl (C=O) groups is 3. The van der Waals surface area contributed by atoms with Crippen molar-refractivity contribution < 1.29 is 28.4 Å². The first kappa shape index (κ1) is 27.3. The number of aryl methyl sites for hydroxylation is 2. The van der Waals surface area contributed by atoms with Crippen LogP contribution < -0.4 is 10.6 Å². The highest BCUT2D eigenvalue weighted by Gasteiger charge is 2.18. The normalized spacial score (nSPS) is 11.3. The SMILES string of the molecule is COC(=O)NCc1nc(-c2ccc(C)c(NC(=O)c3cnc4ccc(CCC(=O)OC(C)(C)C)cn34)c2)no1. The van der Waals surface area contributed by atoms with Crippen LogP contribution in [0.25, 0.3) is 17.0 Å². The molecule has 2 amide bonds. The first-order valence-electron chi connectivity index (χ1n) is 12.3. The molecule has 0 radical (unpaired) electrons. The number of anilines is 1. The second-order valence-electron chi connectivity index (χ2n) is 9.84. The zero-order valence-electron chi connectivity index (χ0n) is 22.4. The van der Waals surface area contributed by atoms with E-state index in [0.29, 0.717) is 34.8 Å². The van der Waals surface area contributed by atoms with Crippen LogP contribution in [-0.2, 0) is 27.2 Å². The number of esters is 1. The first-order chi connectivity index (χ1) is 18.5. The van der Waals surface area contributed by atoms with E-state index in [9.17, 15) is 14.4 Å². The summed E-state index contributed by atoms with van der Waals surface area (Å²) in [5.41, 5.74) is 3.28. The van der Waals surface area contributed by atoms with Crippen molar-refractivity contribution in [3.8, 4) is 11.4 Å². The predicted molar refractivity (Wildman–Crippen MR) is 141 cm³/mol.